The van der Waals surface area contributed by atoms with Crippen molar-refractivity contribution in [3.8, 4) is 5.75 Å². The number of amides is 1. The second-order valence-electron chi connectivity index (χ2n) is 18.1. The van der Waals surface area contributed by atoms with E-state index in [0.717, 1.165) is 17.0 Å². The first-order chi connectivity index (χ1) is 32.0. The molecule has 366 valence electrons. The van der Waals surface area contributed by atoms with E-state index in [2.05, 4.69) is 5.32 Å². The monoisotopic (exact) mass is 1020 g/mol. The largest absolute Gasteiger partial charge is 0.508 e. The van der Waals surface area contributed by atoms with Crippen molar-refractivity contribution >= 4 is 85.0 Å². The van der Waals surface area contributed by atoms with Crippen molar-refractivity contribution in [2.45, 2.75) is 90.2 Å². The first-order valence-electron chi connectivity index (χ1n) is 21.6. The van der Waals surface area contributed by atoms with Gasteiger partial charge >= 0.3 is 0 Å². The zero-order valence-corrected chi connectivity index (χ0v) is 41.5. The van der Waals surface area contributed by atoms with Crippen molar-refractivity contribution in [1.29, 1.82) is 0 Å². The lowest BCUT2D eigenvalue weighted by Gasteiger charge is -2.27. The molecule has 6 N–H and O–H groups in total. The summed E-state index contributed by atoms with van der Waals surface area (Å²) in [7, 11) is -17.9. The van der Waals surface area contributed by atoms with Gasteiger partial charge in [-0.2, -0.15) is 38.2 Å². The van der Waals surface area contributed by atoms with Crippen LogP contribution in [0.25, 0.3) is 21.5 Å². The van der Waals surface area contributed by atoms with E-state index >= 15 is 0 Å². The first-order valence-corrected chi connectivity index (χ1v) is 27.4. The Morgan fingerprint density at radius 1 is 0.652 bits per heavy atom. The van der Waals surface area contributed by atoms with Crippen molar-refractivity contribution in [3.63, 3.8) is 0 Å². The maximum absolute atomic E-state index is 12.7. The molecule has 17 nitrogen and oxygen atoms in total. The average Bonchev–Trinajstić information content (AvgIpc) is 3.59. The minimum absolute atomic E-state index is 0.0466. The van der Waals surface area contributed by atoms with Crippen LogP contribution in [-0.4, -0.2) is 93.3 Å². The van der Waals surface area contributed by atoms with E-state index in [9.17, 15) is 61.8 Å². The second-order valence-corrected chi connectivity index (χ2v) is 23.7. The van der Waals surface area contributed by atoms with Gasteiger partial charge in [-0.1, -0.05) is 56.7 Å². The molecule has 0 bridgehead atoms. The number of fused-ring (bicyclic) bond motifs is 6. The molecule has 0 atom stereocenters. The number of carbonyl (C=O) groups is 1. The predicted octanol–water partition coefficient (Wildman–Crippen LogP) is 7.40. The molecule has 0 aromatic heterocycles. The van der Waals surface area contributed by atoms with Crippen LogP contribution in [-0.2, 0) is 62.5 Å². The Bertz CT molecular complexity index is 3540. The van der Waals surface area contributed by atoms with Crippen LogP contribution in [0.1, 0.15) is 70.1 Å². The molecular formula is C48H52N3O14S4+. The molecule has 2 aliphatic rings. The van der Waals surface area contributed by atoms with Gasteiger partial charge in [-0.25, -0.2) is 0 Å². The Labute approximate surface area is 401 Å². The average molecular weight is 1020 g/mol. The number of nitrogens with zero attached hydrogens (tertiary/aromatic N) is 2. The van der Waals surface area contributed by atoms with Gasteiger partial charge in [-0.15, -0.1) is 0 Å². The zero-order chi connectivity index (χ0) is 50.6. The summed E-state index contributed by atoms with van der Waals surface area (Å²) in [5.41, 5.74) is 2.99. The van der Waals surface area contributed by atoms with E-state index in [0.29, 0.717) is 79.8 Å². The summed E-state index contributed by atoms with van der Waals surface area (Å²) in [6, 6.07) is 16.8. The van der Waals surface area contributed by atoms with Crippen molar-refractivity contribution in [2.24, 2.45) is 0 Å². The van der Waals surface area contributed by atoms with Crippen LogP contribution in [0.4, 0.5) is 11.4 Å². The van der Waals surface area contributed by atoms with Crippen LogP contribution < -0.4 is 10.2 Å². The van der Waals surface area contributed by atoms with Gasteiger partial charge in [0, 0.05) is 64.8 Å². The van der Waals surface area contributed by atoms with Gasteiger partial charge in [0.2, 0.25) is 11.6 Å². The Balaban J connectivity index is 1.19. The normalized spacial score (nSPS) is 16.7. The summed E-state index contributed by atoms with van der Waals surface area (Å²) in [4.78, 5) is 11.9. The highest BCUT2D eigenvalue weighted by Gasteiger charge is 2.45. The molecule has 7 rings (SSSR count). The Morgan fingerprint density at radius 2 is 1.22 bits per heavy atom. The van der Waals surface area contributed by atoms with Crippen LogP contribution >= 0.6 is 0 Å². The van der Waals surface area contributed by atoms with Crippen molar-refractivity contribution < 1.29 is 66.4 Å². The molecule has 5 aromatic rings. The summed E-state index contributed by atoms with van der Waals surface area (Å²) >= 11 is 0. The molecule has 2 aliphatic heterocycles. The molecule has 0 spiro atoms. The number of benzene rings is 5. The summed E-state index contributed by atoms with van der Waals surface area (Å²) in [5.74, 6) is 0.0612. The Kier molecular flexibility index (Phi) is 13.7. The number of aromatic hydroxyl groups is 1. The SMILES string of the molecule is C[N+]1=C(/C=C/C=C/C=C2/N(CCCCCC(=O)NCCc3ccc(O)cc3)c3ccc4c(S(=O)(=O)O)cc(S(=O)(=O)O)cc4c3C2(C)C)C(C)(C)c2c1ccc1c(S(=O)(=O)O)cc(S(=O)(=O)O)cc21. The number of hydrogen-bond acceptors (Lipinski definition) is 11. The van der Waals surface area contributed by atoms with E-state index in [1.807, 2.05) is 49.3 Å². The summed E-state index contributed by atoms with van der Waals surface area (Å²) in [6.07, 6.45) is 11.8. The van der Waals surface area contributed by atoms with Crippen LogP contribution in [0.3, 0.4) is 0 Å². The maximum Gasteiger partial charge on any atom is 0.295 e. The van der Waals surface area contributed by atoms with Crippen LogP contribution in [0.15, 0.2) is 128 Å². The third-order valence-corrected chi connectivity index (χ3v) is 16.2. The molecule has 0 saturated carbocycles. The highest BCUT2D eigenvalue weighted by atomic mass is 32.2. The smallest absolute Gasteiger partial charge is 0.295 e. The molecule has 69 heavy (non-hydrogen) atoms. The standard InChI is InChI=1S/C48H51N3O14S4/c1-47(2)42(50(5)38-21-19-34-36(45(38)47)26-32(66(54,55)56)28-40(34)68(60,61)62)12-8-6-9-13-43-48(3,4)46-37-27-33(67(57,58)59)29-41(69(63,64)65)35(37)20-22-39(46)51(43)25-11-7-10-14-44(53)49-24-23-30-15-17-31(52)18-16-30/h6,8-9,12-13,15-22,26-29H,7,10-11,14,23-25H2,1-5H3,(H5-,49,52,53,54,55,56,57,58,59,60,61,62,63,64,65)/p+1. The van der Waals surface area contributed by atoms with Crippen LogP contribution in [0, 0.1) is 0 Å². The van der Waals surface area contributed by atoms with Gasteiger partial charge in [0.1, 0.15) is 22.6 Å². The number of phenols is 1. The van der Waals surface area contributed by atoms with E-state index in [1.165, 1.54) is 24.3 Å². The van der Waals surface area contributed by atoms with E-state index in [-0.39, 0.29) is 33.2 Å². The van der Waals surface area contributed by atoms with Crippen molar-refractivity contribution in [2.75, 3.05) is 25.0 Å². The van der Waals surface area contributed by atoms with Gasteiger partial charge in [-0.05, 0) is 110 Å². The van der Waals surface area contributed by atoms with E-state index in [1.54, 1.807) is 61.7 Å². The van der Waals surface area contributed by atoms with Gasteiger partial charge in [0.05, 0.1) is 15.2 Å². The van der Waals surface area contributed by atoms with Gasteiger partial charge < -0.3 is 15.3 Å². The molecule has 21 heteroatoms. The molecule has 1 amide bonds. The number of carbonyl (C=O) groups excluding carboxylic acids is 1. The fraction of sp³-hybridized carbons (Fsp3) is 0.292. The fourth-order valence-corrected chi connectivity index (χ4v) is 12.3. The topological polar surface area (TPSA) is 273 Å². The Morgan fingerprint density at radius 3 is 1.78 bits per heavy atom. The van der Waals surface area contributed by atoms with Gasteiger partial charge in [-0.3, -0.25) is 23.0 Å². The molecule has 0 radical (unpaired) electrons. The van der Waals surface area contributed by atoms with Crippen LogP contribution in [0.5, 0.6) is 5.75 Å². The lowest BCUT2D eigenvalue weighted by molar-refractivity contribution is -0.401. The third kappa shape index (κ3) is 10.3. The summed E-state index contributed by atoms with van der Waals surface area (Å²) in [5, 5.41) is 12.9. The predicted molar refractivity (Wildman–Crippen MR) is 261 cm³/mol. The molecule has 2 heterocycles. The second kappa shape index (κ2) is 18.5. The lowest BCUT2D eigenvalue weighted by Crippen LogP contribution is -2.27. The molecule has 0 saturated heterocycles. The summed E-state index contributed by atoms with van der Waals surface area (Å²) in [6.45, 7) is 8.36. The first kappa shape index (κ1) is 51.1. The molecular weight excluding hydrogens is 971 g/mol. The minimum Gasteiger partial charge on any atom is -0.508 e. The van der Waals surface area contributed by atoms with E-state index < -0.39 is 70.9 Å². The van der Waals surface area contributed by atoms with Gasteiger partial charge in [0.25, 0.3) is 40.5 Å². The number of hydrogen-bond donors (Lipinski definition) is 6. The highest BCUT2D eigenvalue weighted by molar-refractivity contribution is 7.87. The molecule has 0 aliphatic carbocycles. The maximum atomic E-state index is 12.7. The minimum atomic E-state index is -4.97. The number of phenolic OH excluding ortho intramolecular Hbond substituents is 1. The number of unbranched alkanes of at least 4 members (excludes halogenated alkanes) is 2. The summed E-state index contributed by atoms with van der Waals surface area (Å²) < 4.78 is 142. The molecule has 0 unspecified atom stereocenters. The Hall–Kier alpha value is -5.78. The fourth-order valence-electron chi connectivity index (χ4n) is 9.59. The number of allylic oxidation sites excluding steroid dienone is 6. The van der Waals surface area contributed by atoms with Gasteiger partial charge in [0.15, 0.2) is 5.71 Å². The molecule has 5 aromatic carbocycles. The zero-order valence-electron chi connectivity index (χ0n) is 38.2. The number of rotatable bonds is 16. The van der Waals surface area contributed by atoms with Crippen molar-refractivity contribution in [3.05, 3.63) is 126 Å². The van der Waals surface area contributed by atoms with E-state index in [4.69, 9.17) is 0 Å². The number of nitrogens with one attached hydrogen (secondary N) is 1. The van der Waals surface area contributed by atoms with Crippen molar-refractivity contribution in [1.82, 2.24) is 5.32 Å². The lowest BCUT2D eigenvalue weighted by atomic mass is 9.79. The molecule has 0 fully saturated rings. The third-order valence-electron chi connectivity index (χ3n) is 12.8. The highest BCUT2D eigenvalue weighted by Crippen LogP contribution is 2.52. The number of anilines is 1. The van der Waals surface area contributed by atoms with Crippen LogP contribution in [0.2, 0.25) is 0 Å². The quantitative estimate of drug-likeness (QED) is 0.0243.